The van der Waals surface area contributed by atoms with Crippen LogP contribution >= 0.6 is 0 Å². The van der Waals surface area contributed by atoms with E-state index in [0.29, 0.717) is 17.3 Å². The second-order valence-corrected chi connectivity index (χ2v) is 4.59. The average molecular weight is 289 g/mol. The minimum absolute atomic E-state index is 0.0930. The van der Waals surface area contributed by atoms with E-state index in [-0.39, 0.29) is 11.9 Å². The van der Waals surface area contributed by atoms with Crippen LogP contribution in [0, 0.1) is 6.92 Å². The molecule has 2 aromatic heterocycles. The third-order valence-electron chi connectivity index (χ3n) is 2.81. The molecule has 21 heavy (non-hydrogen) atoms. The number of pyridine rings is 1. The Balaban J connectivity index is 2.18. The summed E-state index contributed by atoms with van der Waals surface area (Å²) in [5, 5.41) is 13.2. The van der Waals surface area contributed by atoms with Gasteiger partial charge in [-0.3, -0.25) is 10.1 Å². The van der Waals surface area contributed by atoms with Gasteiger partial charge in [-0.15, -0.1) is 5.10 Å². The fourth-order valence-electron chi connectivity index (χ4n) is 1.76. The van der Waals surface area contributed by atoms with Crippen molar-refractivity contribution in [3.05, 3.63) is 29.3 Å². The second-order valence-electron chi connectivity index (χ2n) is 4.59. The highest BCUT2D eigenvalue weighted by Crippen LogP contribution is 2.14. The number of rotatable bonds is 6. The van der Waals surface area contributed by atoms with Crippen molar-refractivity contribution in [1.82, 2.24) is 15.2 Å². The predicted octanol–water partition coefficient (Wildman–Crippen LogP) is 2.41. The van der Waals surface area contributed by atoms with E-state index >= 15 is 0 Å². The van der Waals surface area contributed by atoms with Gasteiger partial charge in [-0.1, -0.05) is 18.9 Å². The number of aromatic nitrogens is 3. The summed E-state index contributed by atoms with van der Waals surface area (Å²) in [7, 11) is 0. The molecule has 2 aromatic rings. The molecule has 2 rings (SSSR count). The van der Waals surface area contributed by atoms with E-state index in [1.54, 1.807) is 19.1 Å². The molecule has 0 atom stereocenters. The zero-order valence-electron chi connectivity index (χ0n) is 12.4. The number of hydrogen-bond acceptors (Lipinski definition) is 6. The van der Waals surface area contributed by atoms with Crippen LogP contribution in [-0.4, -0.2) is 27.6 Å². The SMILES string of the molecule is CCCNc1cc(C(=O)Nc2nnc(C)o2)cc(CC)n1. The van der Waals surface area contributed by atoms with Crippen molar-refractivity contribution in [2.75, 3.05) is 17.2 Å². The first-order valence-corrected chi connectivity index (χ1v) is 6.98. The maximum absolute atomic E-state index is 12.2. The Morgan fingerprint density at radius 1 is 1.29 bits per heavy atom. The predicted molar refractivity (Wildman–Crippen MR) is 79.4 cm³/mol. The Morgan fingerprint density at radius 3 is 2.71 bits per heavy atom. The molecular formula is C14H19N5O2. The fraction of sp³-hybridized carbons (Fsp3) is 0.429. The molecule has 2 N–H and O–H groups in total. The van der Waals surface area contributed by atoms with Gasteiger partial charge in [-0.25, -0.2) is 4.98 Å². The van der Waals surface area contributed by atoms with E-state index in [1.165, 1.54) is 0 Å². The van der Waals surface area contributed by atoms with Gasteiger partial charge in [0.25, 0.3) is 5.91 Å². The van der Waals surface area contributed by atoms with E-state index in [4.69, 9.17) is 4.42 Å². The maximum Gasteiger partial charge on any atom is 0.322 e. The Labute approximate surface area is 123 Å². The molecule has 0 aliphatic heterocycles. The summed E-state index contributed by atoms with van der Waals surface area (Å²) in [5.41, 5.74) is 1.36. The molecule has 0 fully saturated rings. The largest absolute Gasteiger partial charge is 0.408 e. The lowest BCUT2D eigenvalue weighted by molar-refractivity contribution is 0.102. The summed E-state index contributed by atoms with van der Waals surface area (Å²) in [6.45, 7) is 6.54. The van der Waals surface area contributed by atoms with Crippen molar-refractivity contribution in [3.8, 4) is 0 Å². The molecule has 0 bridgehead atoms. The zero-order valence-corrected chi connectivity index (χ0v) is 12.4. The first kappa shape index (κ1) is 15.0. The molecule has 112 valence electrons. The summed E-state index contributed by atoms with van der Waals surface area (Å²) >= 11 is 0. The molecule has 1 amide bonds. The minimum atomic E-state index is -0.296. The Hall–Kier alpha value is -2.44. The van der Waals surface area contributed by atoms with Gasteiger partial charge in [0.2, 0.25) is 5.89 Å². The standard InChI is InChI=1S/C14H19N5O2/c1-4-6-15-12-8-10(7-11(5-2)16-12)13(20)17-14-19-18-9(3)21-14/h7-8H,4-6H2,1-3H3,(H,15,16)(H,17,19,20). The highest BCUT2D eigenvalue weighted by molar-refractivity contribution is 6.03. The summed E-state index contributed by atoms with van der Waals surface area (Å²) < 4.78 is 5.14. The zero-order chi connectivity index (χ0) is 15.2. The van der Waals surface area contributed by atoms with Crippen LogP contribution in [0.1, 0.15) is 42.2 Å². The van der Waals surface area contributed by atoms with E-state index in [0.717, 1.165) is 25.1 Å². The fourth-order valence-corrected chi connectivity index (χ4v) is 1.76. The number of amides is 1. The molecule has 2 heterocycles. The van der Waals surface area contributed by atoms with Crippen LogP contribution in [0.2, 0.25) is 0 Å². The van der Waals surface area contributed by atoms with E-state index in [2.05, 4.69) is 32.7 Å². The molecule has 0 radical (unpaired) electrons. The van der Waals surface area contributed by atoms with Crippen LogP contribution in [0.15, 0.2) is 16.5 Å². The summed E-state index contributed by atoms with van der Waals surface area (Å²) in [6.07, 6.45) is 1.74. The molecular weight excluding hydrogens is 270 g/mol. The van der Waals surface area contributed by atoms with E-state index in [9.17, 15) is 4.79 Å². The molecule has 0 aliphatic rings. The number of carbonyl (C=O) groups is 1. The highest BCUT2D eigenvalue weighted by atomic mass is 16.4. The van der Waals surface area contributed by atoms with Crippen molar-refractivity contribution in [3.63, 3.8) is 0 Å². The Bertz CT molecular complexity index is 624. The number of aryl methyl sites for hydroxylation is 2. The normalized spacial score (nSPS) is 10.4. The van der Waals surface area contributed by atoms with Crippen LogP contribution in [0.3, 0.4) is 0 Å². The first-order valence-electron chi connectivity index (χ1n) is 6.98. The van der Waals surface area contributed by atoms with Gasteiger partial charge < -0.3 is 9.73 Å². The van der Waals surface area contributed by atoms with Crippen molar-refractivity contribution in [2.45, 2.75) is 33.6 Å². The van der Waals surface area contributed by atoms with Gasteiger partial charge in [0.1, 0.15) is 5.82 Å². The number of carbonyl (C=O) groups excluding carboxylic acids is 1. The van der Waals surface area contributed by atoms with Gasteiger partial charge in [-0.2, -0.15) is 0 Å². The number of nitrogens with zero attached hydrogens (tertiary/aromatic N) is 3. The van der Waals surface area contributed by atoms with Gasteiger partial charge in [0.05, 0.1) is 0 Å². The molecule has 0 aromatic carbocycles. The monoisotopic (exact) mass is 289 g/mol. The van der Waals surface area contributed by atoms with Crippen LogP contribution < -0.4 is 10.6 Å². The molecule has 7 heteroatoms. The van der Waals surface area contributed by atoms with Crippen molar-refractivity contribution in [1.29, 1.82) is 0 Å². The third-order valence-corrected chi connectivity index (χ3v) is 2.81. The van der Waals surface area contributed by atoms with Crippen LogP contribution in [0.5, 0.6) is 0 Å². The summed E-state index contributed by atoms with van der Waals surface area (Å²) in [5.74, 6) is 0.804. The number of anilines is 2. The Morgan fingerprint density at radius 2 is 2.10 bits per heavy atom. The number of nitrogens with one attached hydrogen (secondary N) is 2. The lowest BCUT2D eigenvalue weighted by Crippen LogP contribution is -2.14. The van der Waals surface area contributed by atoms with Gasteiger partial charge in [0, 0.05) is 24.7 Å². The van der Waals surface area contributed by atoms with Crippen molar-refractivity contribution >= 4 is 17.7 Å². The molecule has 0 saturated heterocycles. The minimum Gasteiger partial charge on any atom is -0.408 e. The van der Waals surface area contributed by atoms with Gasteiger partial charge in [0.15, 0.2) is 0 Å². The van der Waals surface area contributed by atoms with Crippen LogP contribution in [-0.2, 0) is 6.42 Å². The highest BCUT2D eigenvalue weighted by Gasteiger charge is 2.12. The topological polar surface area (TPSA) is 92.9 Å². The lowest BCUT2D eigenvalue weighted by atomic mass is 10.2. The molecule has 0 unspecified atom stereocenters. The summed E-state index contributed by atoms with van der Waals surface area (Å²) in [4.78, 5) is 16.7. The van der Waals surface area contributed by atoms with Crippen molar-refractivity contribution < 1.29 is 9.21 Å². The van der Waals surface area contributed by atoms with Crippen molar-refractivity contribution in [2.24, 2.45) is 0 Å². The molecule has 7 nitrogen and oxygen atoms in total. The van der Waals surface area contributed by atoms with Crippen LogP contribution in [0.25, 0.3) is 0 Å². The lowest BCUT2D eigenvalue weighted by Gasteiger charge is -2.09. The molecule has 0 aliphatic carbocycles. The summed E-state index contributed by atoms with van der Waals surface area (Å²) in [6, 6.07) is 3.57. The second kappa shape index (κ2) is 6.83. The van der Waals surface area contributed by atoms with E-state index < -0.39 is 0 Å². The average Bonchev–Trinajstić information content (AvgIpc) is 2.89. The first-order chi connectivity index (χ1) is 10.1. The Kier molecular flexibility index (Phi) is 4.86. The number of hydrogen-bond donors (Lipinski definition) is 2. The smallest absolute Gasteiger partial charge is 0.322 e. The van der Waals surface area contributed by atoms with E-state index in [1.807, 2.05) is 6.92 Å². The van der Waals surface area contributed by atoms with Gasteiger partial charge in [-0.05, 0) is 25.0 Å². The van der Waals surface area contributed by atoms with Gasteiger partial charge >= 0.3 is 6.01 Å². The maximum atomic E-state index is 12.2. The third kappa shape index (κ3) is 4.01. The molecule has 0 saturated carbocycles. The molecule has 0 spiro atoms. The van der Waals surface area contributed by atoms with Crippen LogP contribution in [0.4, 0.5) is 11.8 Å². The quantitative estimate of drug-likeness (QED) is 0.848.